The van der Waals surface area contributed by atoms with E-state index in [-0.39, 0.29) is 24.8 Å². The Labute approximate surface area is 208 Å². The molecule has 3 aromatic carbocycles. The molecule has 0 fully saturated rings. The Morgan fingerprint density at radius 2 is 0.750 bits per heavy atom. The molecule has 3 rings (SSSR count). The van der Waals surface area contributed by atoms with Crippen LogP contribution in [0.5, 0.6) is 0 Å². The van der Waals surface area contributed by atoms with Crippen LogP contribution in [0.25, 0.3) is 0 Å². The molecule has 0 amide bonds. The third kappa shape index (κ3) is 7.89. The number of rotatable bonds is 13. The summed E-state index contributed by atoms with van der Waals surface area (Å²) < 4.78 is 0. The molecule has 0 aliphatic heterocycles. The maximum atomic E-state index is 5.60. The molecule has 3 aromatic rings. The van der Waals surface area contributed by atoms with Crippen LogP contribution in [0.1, 0.15) is 51.4 Å². The third-order valence-corrected chi connectivity index (χ3v) is 11.4. The Balaban J connectivity index is 0.00000256. The Morgan fingerprint density at radius 1 is 0.438 bits per heavy atom. The molecule has 2 N–H and O–H groups in total. The quantitative estimate of drug-likeness (QED) is 0.210. The van der Waals surface area contributed by atoms with Crippen molar-refractivity contribution < 1.29 is 0 Å². The average Bonchev–Trinajstić information content (AvgIpc) is 2.82. The predicted molar refractivity (Wildman–Crippen MR) is 152 cm³/mol. The van der Waals surface area contributed by atoms with Gasteiger partial charge in [-0.3, -0.25) is 0 Å². The van der Waals surface area contributed by atoms with Crippen LogP contribution in [0.3, 0.4) is 0 Å². The molecule has 0 unspecified atom stereocenters. The molecule has 0 radical (unpaired) electrons. The molecule has 1 nitrogen and oxygen atoms in total. The Hall–Kier alpha value is -1.37. The van der Waals surface area contributed by atoms with E-state index < -0.39 is 7.26 Å². The van der Waals surface area contributed by atoms with Gasteiger partial charge < -0.3 is 0 Å². The number of nitrogens with two attached hydrogens (primary N) is 1. The normalized spacial score (nSPS) is 11.3. The van der Waals surface area contributed by atoms with E-state index in [9.17, 15) is 0 Å². The van der Waals surface area contributed by atoms with Crippen LogP contribution >= 0.6 is 32.1 Å². The zero-order valence-electron chi connectivity index (χ0n) is 19.1. The molecular weight excluding hydrogens is 452 g/mol. The van der Waals surface area contributed by atoms with Crippen molar-refractivity contribution in [1.29, 1.82) is 0 Å². The van der Waals surface area contributed by atoms with E-state index in [0.717, 1.165) is 6.54 Å². The van der Waals surface area contributed by atoms with Crippen LogP contribution in [-0.2, 0) is 0 Å². The summed E-state index contributed by atoms with van der Waals surface area (Å²) in [5.41, 5.74) is 5.60. The van der Waals surface area contributed by atoms with Crippen molar-refractivity contribution in [2.75, 3.05) is 12.7 Å². The van der Waals surface area contributed by atoms with Gasteiger partial charge in [0.15, 0.2) is 0 Å². The molecule has 0 saturated heterocycles. The van der Waals surface area contributed by atoms with Gasteiger partial charge in [-0.1, -0.05) is 0 Å². The van der Waals surface area contributed by atoms with Gasteiger partial charge in [-0.15, -0.1) is 24.8 Å². The SMILES string of the molecule is Cl.Cl.NCCCCCCCCCC[PH](c1ccccc1)(c1ccccc1)c1ccccc1. The van der Waals surface area contributed by atoms with E-state index in [1.807, 2.05) is 0 Å². The minimum atomic E-state index is -2.02. The van der Waals surface area contributed by atoms with Crippen molar-refractivity contribution in [2.45, 2.75) is 51.4 Å². The molecule has 0 saturated carbocycles. The zero-order valence-corrected chi connectivity index (χ0v) is 21.8. The summed E-state index contributed by atoms with van der Waals surface area (Å²) in [6.07, 6.45) is 11.8. The maximum absolute atomic E-state index is 5.60. The van der Waals surface area contributed by atoms with Crippen LogP contribution in [-0.4, -0.2) is 12.7 Å². The van der Waals surface area contributed by atoms with Crippen molar-refractivity contribution in [3.05, 3.63) is 91.0 Å². The Morgan fingerprint density at radius 3 is 1.09 bits per heavy atom. The van der Waals surface area contributed by atoms with E-state index in [1.54, 1.807) is 0 Å². The second kappa shape index (κ2) is 16.3. The monoisotopic (exact) mass is 491 g/mol. The van der Waals surface area contributed by atoms with Gasteiger partial charge in [0, 0.05) is 0 Å². The van der Waals surface area contributed by atoms with Crippen LogP contribution in [0, 0.1) is 0 Å². The molecule has 0 atom stereocenters. The number of benzene rings is 3. The summed E-state index contributed by atoms with van der Waals surface area (Å²) in [4.78, 5) is 0. The van der Waals surface area contributed by atoms with Gasteiger partial charge in [-0.25, -0.2) is 0 Å². The Kier molecular flexibility index (Phi) is 14.6. The topological polar surface area (TPSA) is 26.0 Å². The van der Waals surface area contributed by atoms with E-state index in [4.69, 9.17) is 5.73 Å². The van der Waals surface area contributed by atoms with Gasteiger partial charge in [-0.2, -0.15) is 0 Å². The Bertz CT molecular complexity index is 731. The first kappa shape index (κ1) is 28.7. The first-order valence-corrected chi connectivity index (χ1v) is 14.0. The van der Waals surface area contributed by atoms with Crippen molar-refractivity contribution >= 4 is 48.0 Å². The fourth-order valence-corrected chi connectivity index (χ4v) is 9.63. The zero-order chi connectivity index (χ0) is 20.9. The fraction of sp³-hybridized carbons (Fsp3) is 0.357. The van der Waals surface area contributed by atoms with Crippen LogP contribution in [0.4, 0.5) is 0 Å². The van der Waals surface area contributed by atoms with Crippen molar-refractivity contribution in [3.63, 3.8) is 0 Å². The van der Waals surface area contributed by atoms with Crippen LogP contribution in [0.15, 0.2) is 91.0 Å². The van der Waals surface area contributed by atoms with Crippen LogP contribution in [0.2, 0.25) is 0 Å². The predicted octanol–water partition coefficient (Wildman–Crippen LogP) is 6.64. The van der Waals surface area contributed by atoms with E-state index in [2.05, 4.69) is 91.0 Å². The molecule has 0 aliphatic carbocycles. The molecule has 0 bridgehead atoms. The molecule has 32 heavy (non-hydrogen) atoms. The third-order valence-electron chi connectivity index (χ3n) is 6.31. The summed E-state index contributed by atoms with van der Waals surface area (Å²) >= 11 is 0. The van der Waals surface area contributed by atoms with Crippen molar-refractivity contribution in [3.8, 4) is 0 Å². The van der Waals surface area contributed by atoms with E-state index >= 15 is 0 Å². The van der Waals surface area contributed by atoms with Crippen LogP contribution < -0.4 is 21.6 Å². The standard InChI is InChI=1S/C28H38NP.2ClH/c29-24-16-5-3-1-2-4-6-17-25-30(26-18-10-7-11-19-26,27-20-12-8-13-21-27)28-22-14-9-15-23-28;;/h7-15,18-23,30H,1-6,16-17,24-25,29H2;2*1H. The summed E-state index contributed by atoms with van der Waals surface area (Å²) in [5, 5.41) is 4.59. The first-order chi connectivity index (χ1) is 14.9. The summed E-state index contributed by atoms with van der Waals surface area (Å²) in [5.74, 6) is 0. The minimum absolute atomic E-state index is 0. The summed E-state index contributed by atoms with van der Waals surface area (Å²) in [6, 6.07) is 33.9. The average molecular weight is 493 g/mol. The van der Waals surface area contributed by atoms with Gasteiger partial charge in [-0.05, 0) is 0 Å². The molecule has 4 heteroatoms. The number of hydrogen-bond donors (Lipinski definition) is 1. The molecule has 176 valence electrons. The summed E-state index contributed by atoms with van der Waals surface area (Å²) in [7, 11) is -2.02. The summed E-state index contributed by atoms with van der Waals surface area (Å²) in [6.45, 7) is 0.838. The molecule has 0 aromatic heterocycles. The molecule has 0 aliphatic rings. The number of halogens is 2. The van der Waals surface area contributed by atoms with Crippen molar-refractivity contribution in [1.82, 2.24) is 0 Å². The second-order valence-electron chi connectivity index (χ2n) is 8.37. The molecular formula is C28H40Cl2NP. The number of unbranched alkanes of at least 4 members (excludes halogenated alkanes) is 7. The second-order valence-corrected chi connectivity index (χ2v) is 12.4. The molecule has 0 heterocycles. The van der Waals surface area contributed by atoms with Gasteiger partial charge in [0.2, 0.25) is 0 Å². The van der Waals surface area contributed by atoms with Crippen molar-refractivity contribution in [2.24, 2.45) is 5.73 Å². The fourth-order valence-electron chi connectivity index (χ4n) is 4.70. The molecule has 0 spiro atoms. The number of hydrogen-bond acceptors (Lipinski definition) is 1. The van der Waals surface area contributed by atoms with Gasteiger partial charge >= 0.3 is 184 Å². The van der Waals surface area contributed by atoms with E-state index in [0.29, 0.717) is 0 Å². The van der Waals surface area contributed by atoms with Gasteiger partial charge in [0.25, 0.3) is 0 Å². The van der Waals surface area contributed by atoms with E-state index in [1.165, 1.54) is 73.4 Å². The first-order valence-electron chi connectivity index (χ1n) is 11.7. The van der Waals surface area contributed by atoms with Gasteiger partial charge in [0.05, 0.1) is 0 Å². The van der Waals surface area contributed by atoms with Gasteiger partial charge in [0.1, 0.15) is 0 Å².